The van der Waals surface area contributed by atoms with Crippen LogP contribution in [0.1, 0.15) is 43.8 Å². The quantitative estimate of drug-likeness (QED) is 0.919. The molecule has 0 aliphatic heterocycles. The first-order valence-electron chi connectivity index (χ1n) is 6.63. The fourth-order valence-corrected chi connectivity index (χ4v) is 2.19. The molecule has 0 saturated heterocycles. The Balaban J connectivity index is 2.67. The topological polar surface area (TPSA) is 38.0 Å². The van der Waals surface area contributed by atoms with Crippen LogP contribution >= 0.6 is 0 Å². The summed E-state index contributed by atoms with van der Waals surface area (Å²) in [5.41, 5.74) is 2.79. The van der Waals surface area contributed by atoms with E-state index in [0.29, 0.717) is 11.3 Å². The average Bonchev–Trinajstić information content (AvgIpc) is 2.81. The lowest BCUT2D eigenvalue weighted by molar-refractivity contribution is 0.198. The fraction of sp³-hybridized carbons (Fsp3) is 0.400. The van der Waals surface area contributed by atoms with Gasteiger partial charge in [-0.1, -0.05) is 26.0 Å². The zero-order chi connectivity index (χ0) is 14.0. The molecule has 19 heavy (non-hydrogen) atoms. The molecule has 0 aliphatic rings. The molecule has 0 saturated carbocycles. The third kappa shape index (κ3) is 2.54. The van der Waals surface area contributed by atoms with Crippen molar-refractivity contribution in [2.45, 2.75) is 39.7 Å². The highest BCUT2D eigenvalue weighted by Crippen LogP contribution is 2.26. The normalized spacial score (nSPS) is 12.7. The van der Waals surface area contributed by atoms with E-state index in [2.05, 4.69) is 5.10 Å². The Morgan fingerprint density at radius 1 is 1.32 bits per heavy atom. The van der Waals surface area contributed by atoms with Gasteiger partial charge in [0, 0.05) is 11.3 Å². The molecule has 1 N–H and O–H groups in total. The lowest BCUT2D eigenvalue weighted by atomic mass is 10.1. The Bertz CT molecular complexity index is 576. The lowest BCUT2D eigenvalue weighted by Gasteiger charge is -2.14. The summed E-state index contributed by atoms with van der Waals surface area (Å²) < 4.78 is 15.8. The summed E-state index contributed by atoms with van der Waals surface area (Å²) >= 11 is 0. The number of rotatable bonds is 4. The van der Waals surface area contributed by atoms with Crippen LogP contribution in [-0.4, -0.2) is 14.9 Å². The minimum absolute atomic E-state index is 0.356. The maximum Gasteiger partial charge on any atom is 0.149 e. The second-order valence-electron chi connectivity index (χ2n) is 4.60. The van der Waals surface area contributed by atoms with Crippen molar-refractivity contribution >= 4 is 0 Å². The van der Waals surface area contributed by atoms with Gasteiger partial charge in [-0.05, 0) is 31.9 Å². The Morgan fingerprint density at radius 3 is 2.63 bits per heavy atom. The molecule has 0 aliphatic carbocycles. The minimum atomic E-state index is -0.732. The van der Waals surface area contributed by atoms with Crippen molar-refractivity contribution in [1.29, 1.82) is 0 Å². The van der Waals surface area contributed by atoms with Crippen LogP contribution in [0.4, 0.5) is 4.39 Å². The van der Waals surface area contributed by atoms with E-state index in [9.17, 15) is 9.50 Å². The Morgan fingerprint density at radius 2 is 2.05 bits per heavy atom. The van der Waals surface area contributed by atoms with Crippen molar-refractivity contribution in [3.8, 4) is 5.69 Å². The maximum absolute atomic E-state index is 14.2. The monoisotopic (exact) mass is 262 g/mol. The SMILES string of the molecule is CCc1cc(CC)n(-c2c(F)cccc2[C@H](C)O)n1. The molecule has 1 aromatic carbocycles. The minimum Gasteiger partial charge on any atom is -0.389 e. The van der Waals surface area contributed by atoms with E-state index >= 15 is 0 Å². The predicted molar refractivity (Wildman–Crippen MR) is 72.9 cm³/mol. The molecule has 2 aromatic rings. The van der Waals surface area contributed by atoms with E-state index in [-0.39, 0.29) is 5.82 Å². The number of benzene rings is 1. The fourth-order valence-electron chi connectivity index (χ4n) is 2.19. The van der Waals surface area contributed by atoms with E-state index in [1.807, 2.05) is 19.9 Å². The molecule has 0 radical (unpaired) electrons. The molecule has 1 atom stereocenters. The van der Waals surface area contributed by atoms with Gasteiger partial charge in [-0.25, -0.2) is 9.07 Å². The zero-order valence-corrected chi connectivity index (χ0v) is 11.5. The highest BCUT2D eigenvalue weighted by Gasteiger charge is 2.17. The van der Waals surface area contributed by atoms with E-state index in [4.69, 9.17) is 0 Å². The van der Waals surface area contributed by atoms with Crippen molar-refractivity contribution in [3.05, 3.63) is 47.0 Å². The molecule has 1 heterocycles. The van der Waals surface area contributed by atoms with E-state index in [1.54, 1.807) is 23.7 Å². The van der Waals surface area contributed by atoms with Gasteiger partial charge in [0.2, 0.25) is 0 Å². The van der Waals surface area contributed by atoms with E-state index < -0.39 is 6.10 Å². The molecule has 0 bridgehead atoms. The van der Waals surface area contributed by atoms with Gasteiger partial charge in [-0.2, -0.15) is 5.10 Å². The van der Waals surface area contributed by atoms with Crippen molar-refractivity contribution in [2.75, 3.05) is 0 Å². The average molecular weight is 262 g/mol. The van der Waals surface area contributed by atoms with Gasteiger partial charge < -0.3 is 5.11 Å². The third-order valence-corrected chi connectivity index (χ3v) is 3.24. The van der Waals surface area contributed by atoms with Crippen molar-refractivity contribution < 1.29 is 9.50 Å². The molecule has 2 rings (SSSR count). The van der Waals surface area contributed by atoms with Gasteiger partial charge in [0.25, 0.3) is 0 Å². The summed E-state index contributed by atoms with van der Waals surface area (Å²) in [4.78, 5) is 0. The van der Waals surface area contributed by atoms with Crippen molar-refractivity contribution in [3.63, 3.8) is 0 Å². The first-order chi connectivity index (χ1) is 9.08. The molecule has 3 nitrogen and oxygen atoms in total. The van der Waals surface area contributed by atoms with Crippen LogP contribution in [0.3, 0.4) is 0 Å². The number of para-hydroxylation sites is 1. The van der Waals surface area contributed by atoms with Crippen molar-refractivity contribution in [2.24, 2.45) is 0 Å². The number of hydrogen-bond acceptors (Lipinski definition) is 2. The van der Waals surface area contributed by atoms with Crippen LogP contribution < -0.4 is 0 Å². The van der Waals surface area contributed by atoms with Gasteiger partial charge in [-0.15, -0.1) is 0 Å². The van der Waals surface area contributed by atoms with Gasteiger partial charge in [0.05, 0.1) is 11.8 Å². The number of aliphatic hydroxyl groups is 1. The molecule has 0 amide bonds. The van der Waals surface area contributed by atoms with E-state index in [1.165, 1.54) is 6.07 Å². The number of aromatic nitrogens is 2. The highest BCUT2D eigenvalue weighted by molar-refractivity contribution is 5.44. The number of aliphatic hydroxyl groups excluding tert-OH is 1. The summed E-state index contributed by atoms with van der Waals surface area (Å²) in [5.74, 6) is -0.362. The van der Waals surface area contributed by atoms with Gasteiger partial charge in [0.1, 0.15) is 11.5 Å². The lowest BCUT2D eigenvalue weighted by Crippen LogP contribution is -2.09. The largest absolute Gasteiger partial charge is 0.389 e. The summed E-state index contributed by atoms with van der Waals surface area (Å²) in [7, 11) is 0. The first-order valence-corrected chi connectivity index (χ1v) is 6.63. The summed E-state index contributed by atoms with van der Waals surface area (Å²) in [6, 6.07) is 6.72. The highest BCUT2D eigenvalue weighted by atomic mass is 19.1. The van der Waals surface area contributed by atoms with Crippen LogP contribution in [-0.2, 0) is 12.8 Å². The van der Waals surface area contributed by atoms with Crippen LogP contribution in [0.25, 0.3) is 5.69 Å². The summed E-state index contributed by atoms with van der Waals surface area (Å²) in [5, 5.41) is 14.2. The predicted octanol–water partition coefficient (Wildman–Crippen LogP) is 3.19. The Labute approximate surface area is 112 Å². The molecule has 4 heteroatoms. The summed E-state index contributed by atoms with van der Waals surface area (Å²) in [6.07, 6.45) is 0.837. The Kier molecular flexibility index (Phi) is 4.00. The van der Waals surface area contributed by atoms with Crippen molar-refractivity contribution in [1.82, 2.24) is 9.78 Å². The maximum atomic E-state index is 14.2. The van der Waals surface area contributed by atoms with E-state index in [0.717, 1.165) is 24.2 Å². The second-order valence-corrected chi connectivity index (χ2v) is 4.60. The van der Waals surface area contributed by atoms with Crippen LogP contribution in [0.15, 0.2) is 24.3 Å². The third-order valence-electron chi connectivity index (χ3n) is 3.24. The number of hydrogen-bond donors (Lipinski definition) is 1. The Hall–Kier alpha value is -1.68. The number of nitrogens with zero attached hydrogens (tertiary/aromatic N) is 2. The van der Waals surface area contributed by atoms with Gasteiger partial charge >= 0.3 is 0 Å². The number of halogens is 1. The van der Waals surface area contributed by atoms with Crippen LogP contribution in [0.2, 0.25) is 0 Å². The van der Waals surface area contributed by atoms with Crippen LogP contribution in [0, 0.1) is 5.82 Å². The molecular weight excluding hydrogens is 243 g/mol. The standard InChI is InChI=1S/C15H19FN2O/c1-4-11-9-12(5-2)18(17-11)15-13(10(3)19)7-6-8-14(15)16/h6-10,19H,4-5H2,1-3H3/t10-/m0/s1. The molecule has 0 spiro atoms. The zero-order valence-electron chi connectivity index (χ0n) is 11.5. The van der Waals surface area contributed by atoms with Gasteiger partial charge in [-0.3, -0.25) is 0 Å². The molecule has 0 unspecified atom stereocenters. The molecule has 0 fully saturated rings. The number of aryl methyl sites for hydroxylation is 2. The van der Waals surface area contributed by atoms with Crippen LogP contribution in [0.5, 0.6) is 0 Å². The summed E-state index contributed by atoms with van der Waals surface area (Å²) in [6.45, 7) is 5.66. The molecule has 1 aromatic heterocycles. The van der Waals surface area contributed by atoms with Gasteiger partial charge in [0.15, 0.2) is 0 Å². The first kappa shape index (κ1) is 13.7. The molecular formula is C15H19FN2O. The molecule has 102 valence electrons. The smallest absolute Gasteiger partial charge is 0.149 e. The second kappa shape index (κ2) is 5.53.